The number of rotatable bonds is 13. The Kier molecular flexibility index (Phi) is 10.9. The van der Waals surface area contributed by atoms with Crippen LogP contribution in [0.5, 0.6) is 5.75 Å². The molecular formula is C33H34ClN3O5S. The van der Waals surface area contributed by atoms with E-state index in [4.69, 9.17) is 16.3 Å². The fourth-order valence-corrected chi connectivity index (χ4v) is 5.42. The SMILES string of the molecule is COc1ccc(CN(C(=O)CN(Cc2ccccc2)S(C)(=O)=O)[C@@H](C(=O)NCc2ccc(Cl)cc2)c2ccccc2)cc1. The predicted molar refractivity (Wildman–Crippen MR) is 168 cm³/mol. The van der Waals surface area contributed by atoms with Gasteiger partial charge in [0.25, 0.3) is 0 Å². The highest BCUT2D eigenvalue weighted by Crippen LogP contribution is 2.26. The summed E-state index contributed by atoms with van der Waals surface area (Å²) in [6, 6.07) is 31.3. The summed E-state index contributed by atoms with van der Waals surface area (Å²) in [5.41, 5.74) is 2.91. The number of halogens is 1. The number of methoxy groups -OCH3 is 1. The first-order chi connectivity index (χ1) is 20.6. The number of nitrogens with zero attached hydrogens (tertiary/aromatic N) is 2. The summed E-state index contributed by atoms with van der Waals surface area (Å²) in [6.45, 7) is -0.161. The highest BCUT2D eigenvalue weighted by Gasteiger charge is 2.33. The minimum Gasteiger partial charge on any atom is -0.497 e. The molecule has 4 aromatic rings. The molecule has 0 fully saturated rings. The Balaban J connectivity index is 1.69. The second-order valence-electron chi connectivity index (χ2n) is 10.0. The zero-order valence-electron chi connectivity index (χ0n) is 24.0. The highest BCUT2D eigenvalue weighted by molar-refractivity contribution is 7.88. The minimum atomic E-state index is -3.78. The largest absolute Gasteiger partial charge is 0.497 e. The van der Waals surface area contributed by atoms with E-state index in [1.807, 2.05) is 48.5 Å². The Morgan fingerprint density at radius 1 is 0.791 bits per heavy atom. The Labute approximate surface area is 257 Å². The lowest BCUT2D eigenvalue weighted by molar-refractivity contribution is -0.141. The molecule has 4 aromatic carbocycles. The average Bonchev–Trinajstić information content (AvgIpc) is 3.01. The molecule has 8 nitrogen and oxygen atoms in total. The highest BCUT2D eigenvalue weighted by atomic mass is 35.5. The van der Waals surface area contributed by atoms with Crippen LogP contribution in [0.15, 0.2) is 109 Å². The normalized spacial score (nSPS) is 12.0. The molecule has 10 heteroatoms. The molecule has 0 heterocycles. The van der Waals surface area contributed by atoms with Gasteiger partial charge in [-0.3, -0.25) is 9.59 Å². The Hall–Kier alpha value is -4.18. The van der Waals surface area contributed by atoms with E-state index < -0.39 is 34.4 Å². The summed E-state index contributed by atoms with van der Waals surface area (Å²) in [5.74, 6) is -0.280. The average molecular weight is 620 g/mol. The van der Waals surface area contributed by atoms with Gasteiger partial charge >= 0.3 is 0 Å². The molecule has 0 aliphatic heterocycles. The van der Waals surface area contributed by atoms with Crippen molar-refractivity contribution in [2.75, 3.05) is 19.9 Å². The lowest BCUT2D eigenvalue weighted by atomic mass is 10.0. The summed E-state index contributed by atoms with van der Waals surface area (Å²) in [7, 11) is -2.21. The van der Waals surface area contributed by atoms with Gasteiger partial charge in [0, 0.05) is 24.7 Å². The first-order valence-corrected chi connectivity index (χ1v) is 15.8. The van der Waals surface area contributed by atoms with Gasteiger partial charge in [-0.1, -0.05) is 96.5 Å². The van der Waals surface area contributed by atoms with E-state index in [1.165, 1.54) is 4.90 Å². The van der Waals surface area contributed by atoms with Crippen LogP contribution in [0, 0.1) is 0 Å². The van der Waals surface area contributed by atoms with Crippen molar-refractivity contribution in [3.8, 4) is 5.75 Å². The molecule has 0 saturated heterocycles. The van der Waals surface area contributed by atoms with Crippen LogP contribution in [-0.2, 0) is 39.2 Å². The molecule has 4 rings (SSSR count). The van der Waals surface area contributed by atoms with Crippen LogP contribution in [0.2, 0.25) is 5.02 Å². The summed E-state index contributed by atoms with van der Waals surface area (Å²) < 4.78 is 32.1. The molecule has 0 bridgehead atoms. The molecule has 0 radical (unpaired) electrons. The number of ether oxygens (including phenoxy) is 1. The van der Waals surface area contributed by atoms with Crippen LogP contribution in [-0.4, -0.2) is 49.3 Å². The van der Waals surface area contributed by atoms with Gasteiger partial charge in [-0.05, 0) is 46.5 Å². The van der Waals surface area contributed by atoms with E-state index in [1.54, 1.807) is 67.8 Å². The zero-order chi connectivity index (χ0) is 30.8. The molecule has 0 unspecified atom stereocenters. The van der Waals surface area contributed by atoms with Crippen LogP contribution in [0.4, 0.5) is 0 Å². The standard InChI is InChI=1S/C33H34ClN3O5S/c1-42-30-19-15-27(16-20-30)23-37(31(38)24-36(43(2,40)41)22-26-9-5-3-6-10-26)32(28-11-7-4-8-12-28)33(39)35-21-25-13-17-29(34)18-14-25/h3-20,32H,21-24H2,1-2H3,(H,35,39)/t32-/m1/s1. The fraction of sp³-hybridized carbons (Fsp3) is 0.212. The predicted octanol–water partition coefficient (Wildman–Crippen LogP) is 5.20. The molecule has 43 heavy (non-hydrogen) atoms. The van der Waals surface area contributed by atoms with Crippen molar-refractivity contribution in [2.24, 2.45) is 0 Å². The van der Waals surface area contributed by atoms with Gasteiger partial charge in [0.05, 0.1) is 19.9 Å². The summed E-state index contributed by atoms with van der Waals surface area (Å²) in [5, 5.41) is 3.53. The monoisotopic (exact) mass is 619 g/mol. The van der Waals surface area contributed by atoms with Crippen LogP contribution in [0.25, 0.3) is 0 Å². The molecule has 1 N–H and O–H groups in total. The van der Waals surface area contributed by atoms with E-state index in [2.05, 4.69) is 5.32 Å². The maximum Gasteiger partial charge on any atom is 0.247 e. The Bertz CT molecular complexity index is 1600. The quantitative estimate of drug-likeness (QED) is 0.222. The number of hydrogen-bond donors (Lipinski definition) is 1. The van der Waals surface area contributed by atoms with Crippen molar-refractivity contribution < 1.29 is 22.7 Å². The lowest BCUT2D eigenvalue weighted by Crippen LogP contribution is -2.47. The van der Waals surface area contributed by atoms with Crippen LogP contribution >= 0.6 is 11.6 Å². The molecule has 2 amide bonds. The molecule has 1 atom stereocenters. The van der Waals surface area contributed by atoms with Crippen molar-refractivity contribution in [1.82, 2.24) is 14.5 Å². The van der Waals surface area contributed by atoms with Crippen molar-refractivity contribution in [3.05, 3.63) is 136 Å². The number of nitrogens with one attached hydrogen (secondary N) is 1. The van der Waals surface area contributed by atoms with Gasteiger partial charge < -0.3 is 15.0 Å². The van der Waals surface area contributed by atoms with E-state index in [-0.39, 0.29) is 19.6 Å². The topological polar surface area (TPSA) is 96.0 Å². The molecule has 224 valence electrons. The number of carbonyl (C=O) groups is 2. The number of hydrogen-bond acceptors (Lipinski definition) is 5. The zero-order valence-corrected chi connectivity index (χ0v) is 25.6. The van der Waals surface area contributed by atoms with Gasteiger partial charge in [-0.25, -0.2) is 8.42 Å². The number of carbonyl (C=O) groups excluding carboxylic acids is 2. The Morgan fingerprint density at radius 3 is 1.93 bits per heavy atom. The number of amides is 2. The van der Waals surface area contributed by atoms with E-state index >= 15 is 0 Å². The van der Waals surface area contributed by atoms with Gasteiger partial charge in [0.15, 0.2) is 0 Å². The van der Waals surface area contributed by atoms with Crippen molar-refractivity contribution in [3.63, 3.8) is 0 Å². The molecule has 0 saturated carbocycles. The van der Waals surface area contributed by atoms with Gasteiger partial charge in [0.1, 0.15) is 11.8 Å². The second-order valence-corrected chi connectivity index (χ2v) is 12.5. The number of sulfonamides is 1. The van der Waals surface area contributed by atoms with Crippen LogP contribution in [0.3, 0.4) is 0 Å². The van der Waals surface area contributed by atoms with Crippen LogP contribution < -0.4 is 10.1 Å². The summed E-state index contributed by atoms with van der Waals surface area (Å²) in [4.78, 5) is 29.5. The van der Waals surface area contributed by atoms with Crippen molar-refractivity contribution >= 4 is 33.4 Å². The molecule has 0 aliphatic rings. The Morgan fingerprint density at radius 2 is 1.35 bits per heavy atom. The first-order valence-electron chi connectivity index (χ1n) is 13.6. The number of benzene rings is 4. The molecule has 0 aromatic heterocycles. The smallest absolute Gasteiger partial charge is 0.247 e. The molecule has 0 spiro atoms. The third-order valence-electron chi connectivity index (χ3n) is 6.87. The van der Waals surface area contributed by atoms with Crippen molar-refractivity contribution in [1.29, 1.82) is 0 Å². The first kappa shape index (κ1) is 31.7. The maximum atomic E-state index is 14.1. The third kappa shape index (κ3) is 9.15. The van der Waals surface area contributed by atoms with Gasteiger partial charge in [-0.2, -0.15) is 4.31 Å². The van der Waals surface area contributed by atoms with Crippen molar-refractivity contribution in [2.45, 2.75) is 25.7 Å². The van der Waals surface area contributed by atoms with E-state index in [0.29, 0.717) is 16.3 Å². The van der Waals surface area contributed by atoms with Crippen LogP contribution in [0.1, 0.15) is 28.3 Å². The van der Waals surface area contributed by atoms with E-state index in [9.17, 15) is 18.0 Å². The summed E-state index contributed by atoms with van der Waals surface area (Å²) in [6.07, 6.45) is 1.07. The van der Waals surface area contributed by atoms with E-state index in [0.717, 1.165) is 27.3 Å². The maximum absolute atomic E-state index is 14.1. The van der Waals surface area contributed by atoms with Gasteiger partial charge in [-0.15, -0.1) is 0 Å². The second kappa shape index (κ2) is 14.8. The van der Waals surface area contributed by atoms with Gasteiger partial charge in [0.2, 0.25) is 21.8 Å². The lowest BCUT2D eigenvalue weighted by Gasteiger charge is -2.33. The fourth-order valence-electron chi connectivity index (χ4n) is 4.57. The summed E-state index contributed by atoms with van der Waals surface area (Å²) >= 11 is 6.02. The molecule has 0 aliphatic carbocycles. The third-order valence-corrected chi connectivity index (χ3v) is 8.32. The minimum absolute atomic E-state index is 0.0144. The molecular weight excluding hydrogens is 586 g/mol.